The Morgan fingerprint density at radius 1 is 1.30 bits per heavy atom. The predicted octanol–water partition coefficient (Wildman–Crippen LogP) is 1.52. The number of piperidine rings is 1. The molecule has 0 radical (unpaired) electrons. The van der Waals surface area contributed by atoms with Crippen molar-refractivity contribution in [3.8, 4) is 17.4 Å². The summed E-state index contributed by atoms with van der Waals surface area (Å²) in [7, 11) is 1.55. The molecule has 3 rings (SSSR count). The molecular weight excluding hydrogens is 258 g/mol. The van der Waals surface area contributed by atoms with Crippen molar-refractivity contribution in [2.75, 3.05) is 13.7 Å². The van der Waals surface area contributed by atoms with Gasteiger partial charge in [-0.15, -0.1) is 10.2 Å². The lowest BCUT2D eigenvalue weighted by atomic mass is 9.91. The Morgan fingerprint density at radius 2 is 2.20 bits per heavy atom. The van der Waals surface area contributed by atoms with Crippen LogP contribution in [-0.4, -0.2) is 34.0 Å². The third-order valence-electron chi connectivity index (χ3n) is 3.60. The molecule has 1 atom stereocenters. The summed E-state index contributed by atoms with van der Waals surface area (Å²) in [5.74, 6) is 1.51. The molecule has 0 saturated carbocycles. The molecule has 7 nitrogen and oxygen atoms in total. The minimum atomic E-state index is -0.247. The van der Waals surface area contributed by atoms with E-state index in [9.17, 15) is 0 Å². The van der Waals surface area contributed by atoms with Gasteiger partial charge in [-0.2, -0.15) is 4.98 Å². The predicted molar refractivity (Wildman–Crippen MR) is 71.1 cm³/mol. The highest BCUT2D eigenvalue weighted by Crippen LogP contribution is 2.29. The summed E-state index contributed by atoms with van der Waals surface area (Å²) in [4.78, 5) is 4.45. The van der Waals surface area contributed by atoms with Crippen LogP contribution in [0.5, 0.6) is 5.88 Å². The monoisotopic (exact) mass is 275 g/mol. The van der Waals surface area contributed by atoms with Crippen molar-refractivity contribution in [3.05, 3.63) is 18.0 Å². The number of hydrogen-bond acceptors (Lipinski definition) is 7. The second-order valence-electron chi connectivity index (χ2n) is 5.10. The number of nitrogens with zero attached hydrogens (tertiary/aromatic N) is 4. The highest BCUT2D eigenvalue weighted by atomic mass is 16.5. The number of aromatic nitrogens is 4. The third kappa shape index (κ3) is 2.36. The number of nitrogens with one attached hydrogen (secondary N) is 1. The van der Waals surface area contributed by atoms with E-state index in [0.29, 0.717) is 23.3 Å². The molecule has 1 aliphatic heterocycles. The summed E-state index contributed by atoms with van der Waals surface area (Å²) in [6.45, 7) is 3.06. The molecule has 1 aliphatic rings. The first-order chi connectivity index (χ1) is 9.71. The molecule has 2 aromatic heterocycles. The van der Waals surface area contributed by atoms with Crippen molar-refractivity contribution in [3.63, 3.8) is 0 Å². The Balaban J connectivity index is 1.85. The third-order valence-corrected chi connectivity index (χ3v) is 3.60. The zero-order valence-electron chi connectivity index (χ0n) is 11.6. The van der Waals surface area contributed by atoms with E-state index < -0.39 is 0 Å². The smallest absolute Gasteiger partial charge is 0.247 e. The maximum absolute atomic E-state index is 5.40. The highest BCUT2D eigenvalue weighted by molar-refractivity contribution is 5.47. The fourth-order valence-electron chi connectivity index (χ4n) is 2.34. The van der Waals surface area contributed by atoms with Gasteiger partial charge in [0, 0.05) is 6.07 Å². The van der Waals surface area contributed by atoms with Crippen LogP contribution in [-0.2, 0) is 5.54 Å². The van der Waals surface area contributed by atoms with Crippen molar-refractivity contribution in [1.82, 2.24) is 25.7 Å². The van der Waals surface area contributed by atoms with Crippen LogP contribution < -0.4 is 10.1 Å². The van der Waals surface area contributed by atoms with Crippen LogP contribution in [0, 0.1) is 0 Å². The van der Waals surface area contributed by atoms with Gasteiger partial charge in [-0.25, -0.2) is 0 Å². The average Bonchev–Trinajstić information content (AvgIpc) is 2.99. The quantitative estimate of drug-likeness (QED) is 0.908. The SMILES string of the molecule is COc1ccc(-c2noc(C3(C)CCCCN3)n2)nn1. The lowest BCUT2D eigenvalue weighted by Gasteiger charge is -2.31. The van der Waals surface area contributed by atoms with E-state index in [-0.39, 0.29) is 5.54 Å². The molecule has 1 N–H and O–H groups in total. The molecule has 106 valence electrons. The molecular formula is C13H17N5O2. The summed E-state index contributed by atoms with van der Waals surface area (Å²) >= 11 is 0. The van der Waals surface area contributed by atoms with Gasteiger partial charge >= 0.3 is 0 Å². The van der Waals surface area contributed by atoms with Gasteiger partial charge in [0.05, 0.1) is 12.6 Å². The first-order valence-corrected chi connectivity index (χ1v) is 6.68. The molecule has 1 saturated heterocycles. The van der Waals surface area contributed by atoms with Gasteiger partial charge in [0.25, 0.3) is 0 Å². The van der Waals surface area contributed by atoms with Crippen LogP contribution in [0.4, 0.5) is 0 Å². The second-order valence-corrected chi connectivity index (χ2v) is 5.10. The van der Waals surface area contributed by atoms with Crippen molar-refractivity contribution < 1.29 is 9.26 Å². The van der Waals surface area contributed by atoms with Gasteiger partial charge in [0.15, 0.2) is 0 Å². The first kappa shape index (κ1) is 13.0. The van der Waals surface area contributed by atoms with E-state index in [2.05, 4.69) is 32.6 Å². The molecule has 0 bridgehead atoms. The van der Waals surface area contributed by atoms with Gasteiger partial charge in [-0.1, -0.05) is 5.16 Å². The van der Waals surface area contributed by atoms with Crippen LogP contribution in [0.15, 0.2) is 16.7 Å². The maximum atomic E-state index is 5.40. The van der Waals surface area contributed by atoms with Crippen molar-refractivity contribution in [2.24, 2.45) is 0 Å². The summed E-state index contributed by atoms with van der Waals surface area (Å²) in [6.07, 6.45) is 3.33. The lowest BCUT2D eigenvalue weighted by molar-refractivity contribution is 0.207. The second kappa shape index (κ2) is 5.16. The maximum Gasteiger partial charge on any atom is 0.247 e. The van der Waals surface area contributed by atoms with E-state index in [1.807, 2.05) is 0 Å². The molecule has 2 aromatic rings. The van der Waals surface area contributed by atoms with Crippen LogP contribution >= 0.6 is 0 Å². The minimum Gasteiger partial charge on any atom is -0.480 e. The lowest BCUT2D eigenvalue weighted by Crippen LogP contribution is -2.43. The number of ether oxygens (including phenoxy) is 1. The van der Waals surface area contributed by atoms with Crippen LogP contribution in [0.2, 0.25) is 0 Å². The standard InChI is InChI=1S/C13H17N5O2/c1-13(7-3-4-8-14-13)12-15-11(18-20-12)9-5-6-10(19-2)17-16-9/h5-6,14H,3-4,7-8H2,1-2H3. The van der Waals surface area contributed by atoms with E-state index in [1.165, 1.54) is 6.42 Å². The zero-order valence-corrected chi connectivity index (χ0v) is 11.6. The minimum absolute atomic E-state index is 0.247. The molecule has 1 fully saturated rings. The Bertz CT molecular complexity index is 575. The van der Waals surface area contributed by atoms with E-state index >= 15 is 0 Å². The van der Waals surface area contributed by atoms with Gasteiger partial charge < -0.3 is 14.6 Å². The Morgan fingerprint density at radius 3 is 2.85 bits per heavy atom. The van der Waals surface area contributed by atoms with Crippen molar-refractivity contribution in [2.45, 2.75) is 31.7 Å². The summed E-state index contributed by atoms with van der Waals surface area (Å²) < 4.78 is 10.4. The molecule has 0 amide bonds. The largest absolute Gasteiger partial charge is 0.480 e. The topological polar surface area (TPSA) is 86.0 Å². The Labute approximate surface area is 116 Å². The molecule has 3 heterocycles. The Kier molecular flexibility index (Phi) is 3.35. The van der Waals surface area contributed by atoms with E-state index in [1.54, 1.807) is 19.2 Å². The number of hydrogen-bond donors (Lipinski definition) is 1. The van der Waals surface area contributed by atoms with Crippen LogP contribution in [0.3, 0.4) is 0 Å². The normalized spacial score (nSPS) is 22.7. The Hall–Kier alpha value is -2.02. The van der Waals surface area contributed by atoms with Crippen molar-refractivity contribution >= 4 is 0 Å². The zero-order chi connectivity index (χ0) is 14.0. The van der Waals surface area contributed by atoms with Gasteiger partial charge in [-0.05, 0) is 38.8 Å². The molecule has 0 spiro atoms. The fraction of sp³-hybridized carbons (Fsp3) is 0.538. The highest BCUT2D eigenvalue weighted by Gasteiger charge is 2.34. The summed E-state index contributed by atoms with van der Waals surface area (Å²) in [5, 5.41) is 15.4. The fourth-order valence-corrected chi connectivity index (χ4v) is 2.34. The first-order valence-electron chi connectivity index (χ1n) is 6.68. The van der Waals surface area contributed by atoms with E-state index in [0.717, 1.165) is 19.4 Å². The summed E-state index contributed by atoms with van der Waals surface area (Å²) in [5.41, 5.74) is 0.323. The average molecular weight is 275 g/mol. The molecule has 20 heavy (non-hydrogen) atoms. The molecule has 7 heteroatoms. The molecule has 1 unspecified atom stereocenters. The van der Waals surface area contributed by atoms with Crippen molar-refractivity contribution in [1.29, 1.82) is 0 Å². The molecule has 0 aromatic carbocycles. The van der Waals surface area contributed by atoms with E-state index in [4.69, 9.17) is 9.26 Å². The van der Waals surface area contributed by atoms with Crippen LogP contribution in [0.1, 0.15) is 32.1 Å². The van der Waals surface area contributed by atoms with Gasteiger partial charge in [0.1, 0.15) is 5.69 Å². The number of rotatable bonds is 3. The number of methoxy groups -OCH3 is 1. The molecule has 0 aliphatic carbocycles. The summed E-state index contributed by atoms with van der Waals surface area (Å²) in [6, 6.07) is 3.48. The van der Waals surface area contributed by atoms with Crippen LogP contribution in [0.25, 0.3) is 11.5 Å². The van der Waals surface area contributed by atoms with Gasteiger partial charge in [0.2, 0.25) is 17.6 Å². The van der Waals surface area contributed by atoms with Gasteiger partial charge in [-0.3, -0.25) is 0 Å².